The zero-order valence-corrected chi connectivity index (χ0v) is 15.2. The van der Waals surface area contributed by atoms with Crippen molar-refractivity contribution in [1.82, 2.24) is 0 Å². The maximum absolute atomic E-state index is 12.0. The minimum absolute atomic E-state index is 0.0436. The van der Waals surface area contributed by atoms with Gasteiger partial charge >= 0.3 is 5.97 Å². The van der Waals surface area contributed by atoms with Crippen molar-refractivity contribution in [3.63, 3.8) is 0 Å². The topological polar surface area (TPSA) is 62.6 Å². The Kier molecular flexibility index (Phi) is 6.81. The maximum atomic E-state index is 12.0. The van der Waals surface area contributed by atoms with Gasteiger partial charge < -0.3 is 14.4 Å². The van der Waals surface area contributed by atoms with Crippen LogP contribution in [-0.4, -0.2) is 33.3 Å². The fraction of sp³-hybridized carbons (Fsp3) is 0.238. The fourth-order valence-electron chi connectivity index (χ4n) is 2.18. The number of carbonyl (C=O) groups is 1. The summed E-state index contributed by atoms with van der Waals surface area (Å²) in [4.78, 5) is 14.0. The van der Waals surface area contributed by atoms with Crippen molar-refractivity contribution in [2.24, 2.45) is 0 Å². The van der Waals surface area contributed by atoms with Crippen LogP contribution in [-0.2, 0) is 9.53 Å². The lowest BCUT2D eigenvalue weighted by Crippen LogP contribution is -2.13. The Labute approximate surface area is 154 Å². The number of ether oxygens (including phenoxy) is 2. The van der Waals surface area contributed by atoms with Crippen molar-refractivity contribution in [2.75, 3.05) is 32.2 Å². The van der Waals surface area contributed by atoms with Gasteiger partial charge in [-0.3, -0.25) is 0 Å². The first-order chi connectivity index (χ1) is 12.5. The van der Waals surface area contributed by atoms with E-state index in [1.807, 2.05) is 80.5 Å². The summed E-state index contributed by atoms with van der Waals surface area (Å²) in [5.74, 6) is 0.0559. The molecular weight excluding hydrogens is 328 g/mol. The molecule has 0 heterocycles. The molecule has 0 saturated carbocycles. The van der Waals surface area contributed by atoms with Crippen molar-refractivity contribution in [1.29, 1.82) is 5.26 Å². The SMILES string of the molecule is Cc1ccc(OCCOC(=O)/C(C#N)=C/c2ccc(N(C)C)cc2)cc1. The highest BCUT2D eigenvalue weighted by atomic mass is 16.6. The quantitative estimate of drug-likeness (QED) is 0.330. The molecule has 5 heteroatoms. The van der Waals surface area contributed by atoms with Crippen molar-refractivity contribution >= 4 is 17.7 Å². The maximum Gasteiger partial charge on any atom is 0.349 e. The molecule has 0 spiro atoms. The Hall–Kier alpha value is -3.26. The molecule has 0 aromatic heterocycles. The van der Waals surface area contributed by atoms with Gasteiger partial charge in [-0.1, -0.05) is 29.8 Å². The first kappa shape index (κ1) is 19.1. The predicted octanol–water partition coefficient (Wildman–Crippen LogP) is 3.59. The number of esters is 1. The molecule has 26 heavy (non-hydrogen) atoms. The van der Waals surface area contributed by atoms with Gasteiger partial charge in [0, 0.05) is 19.8 Å². The number of nitrogens with zero attached hydrogens (tertiary/aromatic N) is 2. The zero-order chi connectivity index (χ0) is 18.9. The van der Waals surface area contributed by atoms with Crippen molar-refractivity contribution in [2.45, 2.75) is 6.92 Å². The molecule has 2 aromatic rings. The molecule has 0 saturated heterocycles. The van der Waals surface area contributed by atoms with Crippen LogP contribution in [0.15, 0.2) is 54.1 Å². The van der Waals surface area contributed by atoms with Crippen LogP contribution >= 0.6 is 0 Å². The lowest BCUT2D eigenvalue weighted by atomic mass is 10.1. The molecule has 0 unspecified atom stereocenters. The van der Waals surface area contributed by atoms with E-state index in [1.54, 1.807) is 0 Å². The number of hydrogen-bond donors (Lipinski definition) is 0. The summed E-state index contributed by atoms with van der Waals surface area (Å²) in [6.45, 7) is 2.30. The van der Waals surface area contributed by atoms with Gasteiger partial charge in [-0.2, -0.15) is 5.26 Å². The number of benzene rings is 2. The van der Waals surface area contributed by atoms with Crippen molar-refractivity contribution in [3.05, 3.63) is 65.2 Å². The standard InChI is InChI=1S/C21H22N2O3/c1-16-4-10-20(11-5-16)25-12-13-26-21(24)18(15-22)14-17-6-8-19(9-7-17)23(2)3/h4-11,14H,12-13H2,1-3H3/b18-14+. The van der Waals surface area contributed by atoms with Crippen LogP contribution in [0, 0.1) is 18.3 Å². The Morgan fingerprint density at radius 1 is 1.08 bits per heavy atom. The molecule has 5 nitrogen and oxygen atoms in total. The van der Waals surface area contributed by atoms with E-state index in [4.69, 9.17) is 9.47 Å². The lowest BCUT2D eigenvalue weighted by molar-refractivity contribution is -0.139. The smallest absolute Gasteiger partial charge is 0.349 e. The number of anilines is 1. The molecule has 0 amide bonds. The second-order valence-electron chi connectivity index (χ2n) is 5.95. The third kappa shape index (κ3) is 5.67. The van der Waals surface area contributed by atoms with Crippen LogP contribution in [0.5, 0.6) is 5.75 Å². The minimum atomic E-state index is -0.656. The molecule has 0 atom stereocenters. The molecule has 2 rings (SSSR count). The van der Waals surface area contributed by atoms with Crippen LogP contribution in [0.1, 0.15) is 11.1 Å². The summed E-state index contributed by atoms with van der Waals surface area (Å²) in [5.41, 5.74) is 2.90. The summed E-state index contributed by atoms with van der Waals surface area (Å²) in [7, 11) is 3.89. The molecule has 0 fully saturated rings. The van der Waals surface area contributed by atoms with E-state index >= 15 is 0 Å². The summed E-state index contributed by atoms with van der Waals surface area (Å²) in [6, 6.07) is 17.0. The van der Waals surface area contributed by atoms with E-state index in [2.05, 4.69) is 0 Å². The van der Waals surface area contributed by atoms with Gasteiger partial charge in [0.25, 0.3) is 0 Å². The molecule has 0 aliphatic heterocycles. The van der Waals surface area contributed by atoms with Gasteiger partial charge in [-0.25, -0.2) is 4.79 Å². The van der Waals surface area contributed by atoms with Gasteiger partial charge in [-0.05, 0) is 42.8 Å². The number of nitriles is 1. The molecule has 0 aliphatic carbocycles. The number of rotatable bonds is 7. The van der Waals surface area contributed by atoms with Crippen LogP contribution < -0.4 is 9.64 Å². The molecule has 0 bridgehead atoms. The Bertz CT molecular complexity index is 801. The van der Waals surface area contributed by atoms with Crippen LogP contribution in [0.3, 0.4) is 0 Å². The monoisotopic (exact) mass is 350 g/mol. The lowest BCUT2D eigenvalue weighted by Gasteiger charge is -2.11. The molecule has 0 N–H and O–H groups in total. The highest BCUT2D eigenvalue weighted by molar-refractivity contribution is 5.97. The average molecular weight is 350 g/mol. The van der Waals surface area contributed by atoms with Gasteiger partial charge in [0.2, 0.25) is 0 Å². The second kappa shape index (κ2) is 9.28. The fourth-order valence-corrected chi connectivity index (χ4v) is 2.18. The Morgan fingerprint density at radius 2 is 1.73 bits per heavy atom. The molecule has 0 radical (unpaired) electrons. The summed E-state index contributed by atoms with van der Waals surface area (Å²) < 4.78 is 10.6. The number of aryl methyl sites for hydroxylation is 1. The molecule has 2 aromatic carbocycles. The predicted molar refractivity (Wildman–Crippen MR) is 102 cm³/mol. The van der Waals surface area contributed by atoms with E-state index < -0.39 is 5.97 Å². The van der Waals surface area contributed by atoms with E-state index in [0.717, 1.165) is 16.8 Å². The normalized spacial score (nSPS) is 10.8. The largest absolute Gasteiger partial charge is 0.490 e. The summed E-state index contributed by atoms with van der Waals surface area (Å²) in [5, 5.41) is 9.20. The highest BCUT2D eigenvalue weighted by Gasteiger charge is 2.11. The van der Waals surface area contributed by atoms with Crippen molar-refractivity contribution < 1.29 is 14.3 Å². The third-order valence-electron chi connectivity index (χ3n) is 3.67. The first-order valence-corrected chi connectivity index (χ1v) is 8.25. The van der Waals surface area contributed by atoms with Gasteiger partial charge in [0.15, 0.2) is 0 Å². The average Bonchev–Trinajstić information content (AvgIpc) is 2.65. The van der Waals surface area contributed by atoms with E-state index in [1.165, 1.54) is 6.08 Å². The van der Waals surface area contributed by atoms with Crippen LogP contribution in [0.4, 0.5) is 5.69 Å². The number of hydrogen-bond acceptors (Lipinski definition) is 5. The summed E-state index contributed by atoms with van der Waals surface area (Å²) >= 11 is 0. The van der Waals surface area contributed by atoms with Gasteiger partial charge in [-0.15, -0.1) is 0 Å². The Balaban J connectivity index is 1.87. The molecule has 134 valence electrons. The third-order valence-corrected chi connectivity index (χ3v) is 3.67. The van der Waals surface area contributed by atoms with E-state index in [-0.39, 0.29) is 18.8 Å². The summed E-state index contributed by atoms with van der Waals surface area (Å²) in [6.07, 6.45) is 1.52. The van der Waals surface area contributed by atoms with E-state index in [9.17, 15) is 10.1 Å². The minimum Gasteiger partial charge on any atom is -0.490 e. The first-order valence-electron chi connectivity index (χ1n) is 8.25. The van der Waals surface area contributed by atoms with Crippen LogP contribution in [0.2, 0.25) is 0 Å². The van der Waals surface area contributed by atoms with Crippen LogP contribution in [0.25, 0.3) is 6.08 Å². The molecule has 0 aliphatic rings. The second-order valence-corrected chi connectivity index (χ2v) is 5.95. The van der Waals surface area contributed by atoms with Gasteiger partial charge in [0.1, 0.15) is 30.6 Å². The number of carbonyl (C=O) groups excluding carboxylic acids is 1. The zero-order valence-electron chi connectivity index (χ0n) is 15.2. The van der Waals surface area contributed by atoms with Gasteiger partial charge in [0.05, 0.1) is 0 Å². The molecular formula is C21H22N2O3. The van der Waals surface area contributed by atoms with Crippen molar-refractivity contribution in [3.8, 4) is 11.8 Å². The highest BCUT2D eigenvalue weighted by Crippen LogP contribution is 2.15. The Morgan fingerprint density at radius 3 is 2.31 bits per heavy atom. The van der Waals surface area contributed by atoms with E-state index in [0.29, 0.717) is 5.75 Å².